The predicted octanol–water partition coefficient (Wildman–Crippen LogP) is 0.588. The highest BCUT2D eigenvalue weighted by atomic mass is 32.2. The van der Waals surface area contributed by atoms with Gasteiger partial charge in [-0.05, 0) is 17.7 Å². The Morgan fingerprint density at radius 1 is 0.943 bits per heavy atom. The van der Waals surface area contributed by atoms with Gasteiger partial charge in [-0.3, -0.25) is 14.0 Å². The highest BCUT2D eigenvalue weighted by molar-refractivity contribution is 7.90. The normalized spacial score (nSPS) is 15.9. The molecule has 0 atom stereocenters. The number of anilines is 1. The predicted molar refractivity (Wildman–Crippen MR) is 137 cm³/mol. The molecule has 3 rings (SSSR count). The molecule has 0 aromatic heterocycles. The molecular weight excluding hydrogens is 490 g/mol. The van der Waals surface area contributed by atoms with Crippen LogP contribution in [-0.4, -0.2) is 95.2 Å². The fourth-order valence-corrected chi connectivity index (χ4v) is 6.01. The van der Waals surface area contributed by atoms with Gasteiger partial charge < -0.3 is 5.73 Å². The highest BCUT2D eigenvalue weighted by Crippen LogP contribution is 2.23. The zero-order chi connectivity index (χ0) is 25.6. The van der Waals surface area contributed by atoms with Gasteiger partial charge in [0.1, 0.15) is 0 Å². The van der Waals surface area contributed by atoms with Gasteiger partial charge in [0.25, 0.3) is 0 Å². The maximum Gasteiger partial charge on any atom is 0.304 e. The van der Waals surface area contributed by atoms with Gasteiger partial charge in [0, 0.05) is 51.9 Å². The first-order valence-electron chi connectivity index (χ1n) is 11.3. The van der Waals surface area contributed by atoms with Crippen molar-refractivity contribution >= 4 is 31.7 Å². The first-order chi connectivity index (χ1) is 16.5. The molecule has 0 saturated carbocycles. The summed E-state index contributed by atoms with van der Waals surface area (Å²) in [6.45, 7) is 2.66. The van der Waals surface area contributed by atoms with Crippen molar-refractivity contribution in [3.05, 3.63) is 65.7 Å². The second-order valence-corrected chi connectivity index (χ2v) is 12.4. The smallest absolute Gasteiger partial charge is 0.304 e. The summed E-state index contributed by atoms with van der Waals surface area (Å²) < 4.78 is 54.7. The van der Waals surface area contributed by atoms with Crippen molar-refractivity contribution in [2.45, 2.75) is 6.54 Å². The molecule has 1 fully saturated rings. The number of nitrogens with two attached hydrogens (primary N) is 1. The van der Waals surface area contributed by atoms with E-state index in [4.69, 9.17) is 5.73 Å². The summed E-state index contributed by atoms with van der Waals surface area (Å²) in [5.41, 5.74) is 7.17. The molecule has 0 spiro atoms. The molecule has 192 valence electrons. The van der Waals surface area contributed by atoms with Crippen LogP contribution >= 0.6 is 0 Å². The van der Waals surface area contributed by atoms with Crippen LogP contribution in [0.3, 0.4) is 0 Å². The fraction of sp³-hybridized carbons (Fsp3) is 0.435. The van der Waals surface area contributed by atoms with Gasteiger partial charge in [0.05, 0.1) is 25.0 Å². The Morgan fingerprint density at radius 2 is 1.54 bits per heavy atom. The van der Waals surface area contributed by atoms with Crippen LogP contribution in [0.1, 0.15) is 15.9 Å². The van der Waals surface area contributed by atoms with Crippen molar-refractivity contribution in [3.8, 4) is 0 Å². The average molecular weight is 524 g/mol. The van der Waals surface area contributed by atoms with Crippen molar-refractivity contribution in [2.75, 3.05) is 63.4 Å². The lowest BCUT2D eigenvalue weighted by atomic mass is 10.1. The minimum atomic E-state index is -3.87. The summed E-state index contributed by atoms with van der Waals surface area (Å²) in [5.74, 6) is -0.179. The van der Waals surface area contributed by atoms with Crippen LogP contribution in [0.4, 0.5) is 5.69 Å². The Hall–Kier alpha value is -2.35. The van der Waals surface area contributed by atoms with E-state index >= 15 is 0 Å². The molecule has 1 aliphatic heterocycles. The molecule has 1 heterocycles. The number of rotatable bonds is 11. The molecule has 0 unspecified atom stereocenters. The minimum Gasteiger partial charge on any atom is -0.324 e. The highest BCUT2D eigenvalue weighted by Gasteiger charge is 2.29. The summed E-state index contributed by atoms with van der Waals surface area (Å²) in [4.78, 5) is 13.9. The first kappa shape index (κ1) is 27.2. The molecule has 10 nitrogen and oxygen atoms in total. The molecule has 35 heavy (non-hydrogen) atoms. The number of carbonyl (C=O) groups is 1. The number of piperazine rings is 1. The molecule has 2 N–H and O–H groups in total. The monoisotopic (exact) mass is 523 g/mol. The third kappa shape index (κ3) is 7.09. The summed E-state index contributed by atoms with van der Waals surface area (Å²) in [6, 6.07) is 15.6. The van der Waals surface area contributed by atoms with Crippen LogP contribution in [0.2, 0.25) is 0 Å². The van der Waals surface area contributed by atoms with Crippen LogP contribution in [0.25, 0.3) is 0 Å². The Kier molecular flexibility index (Phi) is 9.02. The number of carbonyl (C=O) groups excluding carboxylic acids is 1. The van der Waals surface area contributed by atoms with Crippen LogP contribution < -0.4 is 10.0 Å². The van der Waals surface area contributed by atoms with Crippen LogP contribution in [0, 0.1) is 0 Å². The molecule has 12 heteroatoms. The molecule has 1 saturated heterocycles. The lowest BCUT2D eigenvalue weighted by Crippen LogP contribution is -2.51. The van der Waals surface area contributed by atoms with Crippen LogP contribution in [0.15, 0.2) is 54.6 Å². The largest absolute Gasteiger partial charge is 0.324 e. The summed E-state index contributed by atoms with van der Waals surface area (Å²) in [7, 11) is -5.54. The van der Waals surface area contributed by atoms with Gasteiger partial charge in [0.2, 0.25) is 10.0 Å². The molecule has 2 aromatic rings. The van der Waals surface area contributed by atoms with Gasteiger partial charge in [0.15, 0.2) is 5.78 Å². The van der Waals surface area contributed by atoms with Crippen molar-refractivity contribution in [1.29, 1.82) is 0 Å². The van der Waals surface area contributed by atoms with E-state index in [1.165, 1.54) is 19.2 Å². The summed E-state index contributed by atoms with van der Waals surface area (Å²) >= 11 is 0. The molecule has 0 radical (unpaired) electrons. The molecule has 0 aliphatic carbocycles. The standard InChI is InChI=1S/C23H33N5O5S2/c1-25(12-13-26-14-16-27(17-15-26)34(2,30)31)35(32,33)28(22-6-4-3-5-7-22)19-20-8-10-21(11-9-20)23(29)18-24/h3-11H,12-19,24H2,1-2H3. The molecular formula is C23H33N5O5S2. The lowest BCUT2D eigenvalue weighted by molar-refractivity contribution is 0.100. The zero-order valence-corrected chi connectivity index (χ0v) is 21.7. The molecule has 0 amide bonds. The van der Waals surface area contributed by atoms with Crippen molar-refractivity contribution in [2.24, 2.45) is 5.73 Å². The Balaban J connectivity index is 1.71. The van der Waals surface area contributed by atoms with E-state index < -0.39 is 20.2 Å². The summed E-state index contributed by atoms with van der Waals surface area (Å²) in [5, 5.41) is 0. The Labute approximate surface area is 208 Å². The SMILES string of the molecule is CN(CCN1CCN(S(C)(=O)=O)CC1)S(=O)(=O)N(Cc1ccc(C(=O)CN)cc1)c1ccccc1. The summed E-state index contributed by atoms with van der Waals surface area (Å²) in [6.07, 6.45) is 1.20. The minimum absolute atomic E-state index is 0.0854. The van der Waals surface area contributed by atoms with Crippen molar-refractivity contribution in [3.63, 3.8) is 0 Å². The number of hydrogen-bond donors (Lipinski definition) is 1. The quantitative estimate of drug-likeness (QED) is 0.428. The fourth-order valence-electron chi connectivity index (χ4n) is 3.83. The van der Waals surface area contributed by atoms with E-state index in [0.717, 1.165) is 5.56 Å². The Morgan fingerprint density at radius 3 is 2.09 bits per heavy atom. The first-order valence-corrected chi connectivity index (χ1v) is 14.6. The second-order valence-electron chi connectivity index (χ2n) is 8.50. The van der Waals surface area contributed by atoms with Crippen LogP contribution in [-0.2, 0) is 26.8 Å². The third-order valence-electron chi connectivity index (χ3n) is 6.04. The molecule has 1 aliphatic rings. The maximum atomic E-state index is 13.6. The number of likely N-dealkylation sites (N-methyl/N-ethyl adjacent to an activating group) is 1. The van der Waals surface area contributed by atoms with E-state index in [1.54, 1.807) is 55.6 Å². The van der Waals surface area contributed by atoms with Gasteiger partial charge in [-0.2, -0.15) is 17.0 Å². The number of ketones is 1. The average Bonchev–Trinajstić information content (AvgIpc) is 2.85. The molecule has 0 bridgehead atoms. The Bertz CT molecular complexity index is 1200. The maximum absolute atomic E-state index is 13.6. The van der Waals surface area contributed by atoms with Crippen molar-refractivity contribution in [1.82, 2.24) is 13.5 Å². The number of sulfonamides is 1. The molecule has 2 aromatic carbocycles. The van der Waals surface area contributed by atoms with E-state index in [0.29, 0.717) is 44.0 Å². The lowest BCUT2D eigenvalue weighted by Gasteiger charge is -2.35. The van der Waals surface area contributed by atoms with Gasteiger partial charge in [-0.25, -0.2) is 8.42 Å². The number of hydrogen-bond acceptors (Lipinski definition) is 7. The topological polar surface area (TPSA) is 124 Å². The zero-order valence-electron chi connectivity index (χ0n) is 20.1. The van der Waals surface area contributed by atoms with E-state index in [2.05, 4.69) is 4.90 Å². The van der Waals surface area contributed by atoms with Gasteiger partial charge >= 0.3 is 10.2 Å². The van der Waals surface area contributed by atoms with Gasteiger partial charge in [-0.1, -0.05) is 42.5 Å². The third-order valence-corrected chi connectivity index (χ3v) is 9.21. The van der Waals surface area contributed by atoms with E-state index in [1.807, 2.05) is 6.07 Å². The number of benzene rings is 2. The second kappa shape index (κ2) is 11.6. The number of para-hydroxylation sites is 1. The van der Waals surface area contributed by atoms with E-state index in [9.17, 15) is 21.6 Å². The van der Waals surface area contributed by atoms with Crippen molar-refractivity contribution < 1.29 is 21.6 Å². The van der Waals surface area contributed by atoms with Crippen LogP contribution in [0.5, 0.6) is 0 Å². The van der Waals surface area contributed by atoms with E-state index in [-0.39, 0.29) is 25.4 Å². The number of nitrogens with zero attached hydrogens (tertiary/aromatic N) is 4. The number of Topliss-reactive ketones (excluding diaryl/α,β-unsaturated/α-hetero) is 1. The van der Waals surface area contributed by atoms with Gasteiger partial charge in [-0.15, -0.1) is 0 Å².